The SMILES string of the molecule is C=CCn1c(CSc2nc(C)cc(C)n2)nnc1SCC(=O)c1cccc(Br)c1. The van der Waals surface area contributed by atoms with Gasteiger partial charge in [0, 0.05) is 28.0 Å². The Morgan fingerprint density at radius 1 is 1.17 bits per heavy atom. The minimum atomic E-state index is 0.0454. The van der Waals surface area contributed by atoms with Crippen molar-refractivity contribution in [3.05, 3.63) is 70.2 Å². The molecule has 0 aliphatic rings. The molecule has 0 saturated carbocycles. The van der Waals surface area contributed by atoms with E-state index >= 15 is 0 Å². The second-order valence-electron chi connectivity index (χ2n) is 6.24. The lowest BCUT2D eigenvalue weighted by atomic mass is 10.2. The monoisotopic (exact) mass is 489 g/mol. The predicted molar refractivity (Wildman–Crippen MR) is 120 cm³/mol. The Balaban J connectivity index is 1.69. The molecular formula is C20H20BrN5OS2. The number of carbonyl (C=O) groups is 1. The van der Waals surface area contributed by atoms with Crippen LogP contribution in [0.2, 0.25) is 0 Å². The molecule has 0 saturated heterocycles. The van der Waals surface area contributed by atoms with Crippen LogP contribution in [0.3, 0.4) is 0 Å². The summed E-state index contributed by atoms with van der Waals surface area (Å²) in [7, 11) is 0. The fraction of sp³-hybridized carbons (Fsp3) is 0.250. The zero-order valence-electron chi connectivity index (χ0n) is 16.1. The van der Waals surface area contributed by atoms with Crippen molar-refractivity contribution in [1.29, 1.82) is 0 Å². The average Bonchev–Trinajstić information content (AvgIpc) is 3.06. The lowest BCUT2D eigenvalue weighted by Gasteiger charge is -2.08. The smallest absolute Gasteiger partial charge is 0.191 e. The first kappa shape index (κ1) is 21.7. The summed E-state index contributed by atoms with van der Waals surface area (Å²) >= 11 is 6.29. The van der Waals surface area contributed by atoms with E-state index in [1.807, 2.05) is 48.7 Å². The average molecular weight is 490 g/mol. The number of hydrogen-bond acceptors (Lipinski definition) is 7. The number of Topliss-reactive ketones (excluding diaryl/α,β-unsaturated/α-hetero) is 1. The molecule has 3 aromatic rings. The van der Waals surface area contributed by atoms with E-state index in [0.29, 0.717) is 28.8 Å². The first-order chi connectivity index (χ1) is 14.0. The van der Waals surface area contributed by atoms with Crippen molar-refractivity contribution in [2.45, 2.75) is 36.5 Å². The minimum Gasteiger partial charge on any atom is -0.301 e. The predicted octanol–water partition coefficient (Wildman–Crippen LogP) is 4.90. The third-order valence-electron chi connectivity index (χ3n) is 3.88. The van der Waals surface area contributed by atoms with Gasteiger partial charge in [-0.05, 0) is 32.0 Å². The van der Waals surface area contributed by atoms with Gasteiger partial charge in [0.15, 0.2) is 16.1 Å². The van der Waals surface area contributed by atoms with Crippen molar-refractivity contribution in [1.82, 2.24) is 24.7 Å². The van der Waals surface area contributed by atoms with E-state index in [0.717, 1.165) is 26.8 Å². The first-order valence-corrected chi connectivity index (χ1v) is 11.6. The molecular weight excluding hydrogens is 470 g/mol. The quantitative estimate of drug-likeness (QED) is 0.183. The van der Waals surface area contributed by atoms with Crippen LogP contribution in [0.5, 0.6) is 0 Å². The molecule has 150 valence electrons. The highest BCUT2D eigenvalue weighted by molar-refractivity contribution is 9.10. The topological polar surface area (TPSA) is 73.6 Å². The van der Waals surface area contributed by atoms with E-state index in [9.17, 15) is 4.79 Å². The van der Waals surface area contributed by atoms with Crippen molar-refractivity contribution in [2.75, 3.05) is 5.75 Å². The van der Waals surface area contributed by atoms with E-state index < -0.39 is 0 Å². The molecule has 0 aliphatic carbocycles. The summed E-state index contributed by atoms with van der Waals surface area (Å²) in [5.74, 6) is 1.72. The van der Waals surface area contributed by atoms with Crippen LogP contribution < -0.4 is 0 Å². The molecule has 0 amide bonds. The van der Waals surface area contributed by atoms with Crippen LogP contribution in [0.1, 0.15) is 27.6 Å². The highest BCUT2D eigenvalue weighted by atomic mass is 79.9. The molecule has 0 bridgehead atoms. The first-order valence-electron chi connectivity index (χ1n) is 8.86. The molecule has 6 nitrogen and oxygen atoms in total. The highest BCUT2D eigenvalue weighted by Crippen LogP contribution is 2.24. The number of benzene rings is 1. The fourth-order valence-corrected chi connectivity index (χ4v) is 4.76. The Labute approximate surface area is 186 Å². The Hall–Kier alpha value is -1.97. The third-order valence-corrected chi connectivity index (χ3v) is 6.18. The van der Waals surface area contributed by atoms with Crippen LogP contribution >= 0.6 is 39.5 Å². The number of carbonyl (C=O) groups excluding carboxylic acids is 1. The van der Waals surface area contributed by atoms with Gasteiger partial charge in [0.05, 0.1) is 11.5 Å². The molecule has 0 spiro atoms. The lowest BCUT2D eigenvalue weighted by molar-refractivity contribution is 0.102. The van der Waals surface area contributed by atoms with Crippen molar-refractivity contribution in [3.8, 4) is 0 Å². The summed E-state index contributed by atoms with van der Waals surface area (Å²) in [6.07, 6.45) is 1.80. The number of hydrogen-bond donors (Lipinski definition) is 0. The zero-order chi connectivity index (χ0) is 20.8. The molecule has 0 unspecified atom stereocenters. The van der Waals surface area contributed by atoms with Crippen LogP contribution in [0, 0.1) is 13.8 Å². The molecule has 9 heteroatoms. The van der Waals surface area contributed by atoms with Gasteiger partial charge < -0.3 is 4.57 Å². The number of halogens is 1. The number of nitrogens with zero attached hydrogens (tertiary/aromatic N) is 5. The number of rotatable bonds is 9. The molecule has 0 fully saturated rings. The molecule has 2 aromatic heterocycles. The van der Waals surface area contributed by atoms with Gasteiger partial charge in [0.1, 0.15) is 5.82 Å². The summed E-state index contributed by atoms with van der Waals surface area (Å²) in [5, 5.41) is 10.0. The van der Waals surface area contributed by atoms with Gasteiger partial charge in [-0.2, -0.15) is 0 Å². The normalized spacial score (nSPS) is 10.9. The van der Waals surface area contributed by atoms with Crippen LogP contribution in [0.15, 0.2) is 57.8 Å². The molecule has 0 N–H and O–H groups in total. The summed E-state index contributed by atoms with van der Waals surface area (Å²) in [6.45, 7) is 8.30. The van der Waals surface area contributed by atoms with Crippen molar-refractivity contribution >= 4 is 45.2 Å². The van der Waals surface area contributed by atoms with Crippen LogP contribution in [0.25, 0.3) is 0 Å². The van der Waals surface area contributed by atoms with E-state index in [1.165, 1.54) is 23.5 Å². The van der Waals surface area contributed by atoms with E-state index in [1.54, 1.807) is 6.08 Å². The second kappa shape index (κ2) is 10.2. The maximum absolute atomic E-state index is 12.5. The fourth-order valence-electron chi connectivity index (χ4n) is 2.61. The van der Waals surface area contributed by atoms with Crippen LogP contribution in [0.4, 0.5) is 0 Å². The van der Waals surface area contributed by atoms with Crippen molar-refractivity contribution in [3.63, 3.8) is 0 Å². The Morgan fingerprint density at radius 3 is 2.62 bits per heavy atom. The van der Waals surface area contributed by atoms with Gasteiger partial charge >= 0.3 is 0 Å². The maximum atomic E-state index is 12.5. The number of aryl methyl sites for hydroxylation is 2. The van der Waals surface area contributed by atoms with Gasteiger partial charge in [-0.1, -0.05) is 57.7 Å². The molecule has 0 aliphatic heterocycles. The van der Waals surface area contributed by atoms with Gasteiger partial charge in [0.2, 0.25) is 0 Å². The second-order valence-corrected chi connectivity index (χ2v) is 9.04. The maximum Gasteiger partial charge on any atom is 0.191 e. The Bertz CT molecular complexity index is 1020. The highest BCUT2D eigenvalue weighted by Gasteiger charge is 2.15. The number of thioether (sulfide) groups is 2. The largest absolute Gasteiger partial charge is 0.301 e. The van der Waals surface area contributed by atoms with E-state index in [-0.39, 0.29) is 5.78 Å². The van der Waals surface area contributed by atoms with Gasteiger partial charge in [0.25, 0.3) is 0 Å². The molecule has 2 heterocycles. The third kappa shape index (κ3) is 6.01. The molecule has 3 rings (SSSR count). The molecule has 1 aromatic carbocycles. The number of aromatic nitrogens is 5. The summed E-state index contributed by atoms with van der Waals surface area (Å²) < 4.78 is 2.86. The molecule has 0 radical (unpaired) electrons. The molecule has 29 heavy (non-hydrogen) atoms. The Kier molecular flexibility index (Phi) is 7.63. The van der Waals surface area contributed by atoms with Crippen molar-refractivity contribution < 1.29 is 4.79 Å². The molecule has 0 atom stereocenters. The van der Waals surface area contributed by atoms with E-state index in [4.69, 9.17) is 0 Å². The standard InChI is InChI=1S/C20H20BrN5OS2/c1-4-8-26-18(12-28-19-22-13(2)9-14(3)23-19)24-25-20(26)29-11-17(27)15-6-5-7-16(21)10-15/h4-7,9-10H,1,8,11-12H2,2-3H3. The van der Waals surface area contributed by atoms with Gasteiger partial charge in [-0.3, -0.25) is 4.79 Å². The Morgan fingerprint density at radius 2 is 1.93 bits per heavy atom. The summed E-state index contributed by atoms with van der Waals surface area (Å²) in [5.41, 5.74) is 2.55. The lowest BCUT2D eigenvalue weighted by Crippen LogP contribution is -2.06. The minimum absolute atomic E-state index is 0.0454. The van der Waals surface area contributed by atoms with Crippen LogP contribution in [-0.2, 0) is 12.3 Å². The van der Waals surface area contributed by atoms with Gasteiger partial charge in [-0.25, -0.2) is 9.97 Å². The van der Waals surface area contributed by atoms with Crippen molar-refractivity contribution in [2.24, 2.45) is 0 Å². The summed E-state index contributed by atoms with van der Waals surface area (Å²) in [4.78, 5) is 21.4. The summed E-state index contributed by atoms with van der Waals surface area (Å²) in [6, 6.07) is 9.33. The van der Waals surface area contributed by atoms with Gasteiger partial charge in [-0.15, -0.1) is 16.8 Å². The zero-order valence-corrected chi connectivity index (χ0v) is 19.4. The van der Waals surface area contributed by atoms with Crippen LogP contribution in [-0.4, -0.2) is 36.3 Å². The number of allylic oxidation sites excluding steroid dienone is 1. The number of ketones is 1. The van der Waals surface area contributed by atoms with E-state index in [2.05, 4.69) is 42.7 Å².